The number of aryl methyl sites for hydroxylation is 1. The smallest absolute Gasteiger partial charge is 0.311 e. The predicted molar refractivity (Wildman–Crippen MR) is 111 cm³/mol. The third-order valence-corrected chi connectivity index (χ3v) is 4.56. The Labute approximate surface area is 171 Å². The molecule has 0 aliphatic heterocycles. The molecule has 0 amide bonds. The summed E-state index contributed by atoms with van der Waals surface area (Å²) in [6.07, 6.45) is 2.60. The predicted octanol–water partition coefficient (Wildman–Crippen LogP) is 4.88. The molecule has 152 valence electrons. The van der Waals surface area contributed by atoms with E-state index in [0.717, 1.165) is 23.5 Å². The van der Waals surface area contributed by atoms with Crippen molar-refractivity contribution in [1.29, 1.82) is 0 Å². The van der Waals surface area contributed by atoms with Crippen LogP contribution >= 0.6 is 0 Å². The summed E-state index contributed by atoms with van der Waals surface area (Å²) in [5, 5.41) is 4.60. The molecule has 3 aromatic rings. The van der Waals surface area contributed by atoms with E-state index in [1.165, 1.54) is 0 Å². The molecule has 0 unspecified atom stereocenters. The first-order valence-electron chi connectivity index (χ1n) is 9.85. The lowest BCUT2D eigenvalue weighted by atomic mass is 10.1. The molecule has 3 rings (SSSR count). The topological polar surface area (TPSA) is 66.2 Å². The molecule has 0 saturated heterocycles. The van der Waals surface area contributed by atoms with Gasteiger partial charge in [0.05, 0.1) is 12.1 Å². The lowest BCUT2D eigenvalue weighted by Crippen LogP contribution is -2.10. The van der Waals surface area contributed by atoms with E-state index in [-0.39, 0.29) is 5.97 Å². The number of nitrogens with zero attached hydrogens (tertiary/aromatic N) is 3. The van der Waals surface area contributed by atoms with Crippen molar-refractivity contribution in [3.8, 4) is 17.4 Å². The van der Waals surface area contributed by atoms with Gasteiger partial charge in [-0.25, -0.2) is 4.98 Å². The summed E-state index contributed by atoms with van der Waals surface area (Å²) in [5.74, 6) is 1.90. The van der Waals surface area contributed by atoms with Crippen LogP contribution in [0.1, 0.15) is 37.2 Å². The zero-order valence-corrected chi connectivity index (χ0v) is 17.4. The fourth-order valence-electron chi connectivity index (χ4n) is 3.13. The highest BCUT2D eigenvalue weighted by atomic mass is 16.5. The summed E-state index contributed by atoms with van der Waals surface area (Å²) in [6.45, 7) is 9.26. The number of hydrogen-bond donors (Lipinski definition) is 0. The average Bonchev–Trinajstić information content (AvgIpc) is 2.95. The Morgan fingerprint density at radius 1 is 1.07 bits per heavy atom. The van der Waals surface area contributed by atoms with Crippen LogP contribution < -0.4 is 9.47 Å². The van der Waals surface area contributed by atoms with E-state index in [2.05, 4.69) is 30.9 Å². The second kappa shape index (κ2) is 9.37. The third-order valence-electron chi connectivity index (χ3n) is 4.56. The summed E-state index contributed by atoms with van der Waals surface area (Å²) in [4.78, 5) is 16.4. The Morgan fingerprint density at radius 2 is 1.79 bits per heavy atom. The van der Waals surface area contributed by atoms with Gasteiger partial charge in [0, 0.05) is 24.5 Å². The second-order valence-corrected chi connectivity index (χ2v) is 7.44. The van der Waals surface area contributed by atoms with Crippen LogP contribution in [0.3, 0.4) is 0 Å². The number of ether oxygens (including phenoxy) is 2. The summed E-state index contributed by atoms with van der Waals surface area (Å²) in [6, 6.07) is 12.4. The van der Waals surface area contributed by atoms with Crippen molar-refractivity contribution >= 4 is 5.97 Å². The standard InChI is InChI=1S/C23H27N3O3/c1-16(2)15-26-18(4)21(17(3)25-26)12-13-23(27)29-20-10-8-19(9-11-20)28-22-7-5-6-14-24-22/h5-11,14,16H,12-13,15H2,1-4H3. The lowest BCUT2D eigenvalue weighted by Gasteiger charge is -2.08. The third kappa shape index (κ3) is 5.67. The van der Waals surface area contributed by atoms with Crippen LogP contribution in [0.4, 0.5) is 0 Å². The van der Waals surface area contributed by atoms with Crippen molar-refractivity contribution in [2.24, 2.45) is 5.92 Å². The zero-order chi connectivity index (χ0) is 20.8. The number of aromatic nitrogens is 3. The van der Waals surface area contributed by atoms with Crippen molar-refractivity contribution in [1.82, 2.24) is 14.8 Å². The van der Waals surface area contributed by atoms with Crippen LogP contribution in [0.5, 0.6) is 17.4 Å². The van der Waals surface area contributed by atoms with Gasteiger partial charge in [-0.2, -0.15) is 5.10 Å². The number of rotatable bonds is 8. The minimum Gasteiger partial charge on any atom is -0.439 e. The number of pyridine rings is 1. The van der Waals surface area contributed by atoms with Crippen LogP contribution in [-0.2, 0) is 17.8 Å². The molecule has 0 aliphatic rings. The number of carbonyl (C=O) groups excluding carboxylic acids is 1. The van der Waals surface area contributed by atoms with E-state index in [9.17, 15) is 4.79 Å². The molecule has 0 atom stereocenters. The van der Waals surface area contributed by atoms with Crippen LogP contribution in [-0.4, -0.2) is 20.7 Å². The molecule has 6 nitrogen and oxygen atoms in total. The van der Waals surface area contributed by atoms with Gasteiger partial charge in [0.15, 0.2) is 0 Å². The van der Waals surface area contributed by atoms with E-state index in [4.69, 9.17) is 9.47 Å². The van der Waals surface area contributed by atoms with E-state index in [1.54, 1.807) is 36.5 Å². The first-order chi connectivity index (χ1) is 13.9. The van der Waals surface area contributed by atoms with Crippen molar-refractivity contribution in [3.63, 3.8) is 0 Å². The van der Waals surface area contributed by atoms with Gasteiger partial charge < -0.3 is 9.47 Å². The average molecular weight is 393 g/mol. The summed E-state index contributed by atoms with van der Waals surface area (Å²) in [5.41, 5.74) is 3.23. The molecule has 29 heavy (non-hydrogen) atoms. The highest BCUT2D eigenvalue weighted by molar-refractivity contribution is 5.72. The van der Waals surface area contributed by atoms with Crippen molar-refractivity contribution < 1.29 is 14.3 Å². The highest BCUT2D eigenvalue weighted by Crippen LogP contribution is 2.23. The normalized spacial score (nSPS) is 10.9. The Bertz CT molecular complexity index is 948. The first kappa shape index (κ1) is 20.6. The van der Waals surface area contributed by atoms with Crippen LogP contribution in [0.15, 0.2) is 48.7 Å². The zero-order valence-electron chi connectivity index (χ0n) is 17.4. The van der Waals surface area contributed by atoms with Gasteiger partial charge in [-0.05, 0) is 62.1 Å². The lowest BCUT2D eigenvalue weighted by molar-refractivity contribution is -0.134. The van der Waals surface area contributed by atoms with Crippen LogP contribution in [0.25, 0.3) is 0 Å². The molecule has 0 bridgehead atoms. The van der Waals surface area contributed by atoms with E-state index in [0.29, 0.717) is 36.1 Å². The minimum atomic E-state index is -0.265. The summed E-state index contributed by atoms with van der Waals surface area (Å²) in [7, 11) is 0. The van der Waals surface area contributed by atoms with Gasteiger partial charge in [0.1, 0.15) is 11.5 Å². The van der Waals surface area contributed by atoms with E-state index >= 15 is 0 Å². The largest absolute Gasteiger partial charge is 0.439 e. The molecule has 0 fully saturated rings. The van der Waals surface area contributed by atoms with E-state index in [1.807, 2.05) is 23.7 Å². The molecular weight excluding hydrogens is 366 g/mol. The molecule has 6 heteroatoms. The number of esters is 1. The number of benzene rings is 1. The fourth-order valence-corrected chi connectivity index (χ4v) is 3.13. The summed E-state index contributed by atoms with van der Waals surface area (Å²) >= 11 is 0. The van der Waals surface area contributed by atoms with Crippen molar-refractivity contribution in [3.05, 3.63) is 65.6 Å². The van der Waals surface area contributed by atoms with E-state index < -0.39 is 0 Å². The van der Waals surface area contributed by atoms with Gasteiger partial charge >= 0.3 is 5.97 Å². The fraction of sp³-hybridized carbons (Fsp3) is 0.348. The Morgan fingerprint density at radius 3 is 2.45 bits per heavy atom. The highest BCUT2D eigenvalue weighted by Gasteiger charge is 2.14. The second-order valence-electron chi connectivity index (χ2n) is 7.44. The monoisotopic (exact) mass is 393 g/mol. The molecule has 1 aromatic carbocycles. The molecule has 0 N–H and O–H groups in total. The molecule has 0 saturated carbocycles. The number of hydrogen-bond acceptors (Lipinski definition) is 5. The SMILES string of the molecule is Cc1nn(CC(C)C)c(C)c1CCC(=O)Oc1ccc(Oc2ccccn2)cc1. The summed E-state index contributed by atoms with van der Waals surface area (Å²) < 4.78 is 13.1. The minimum absolute atomic E-state index is 0.265. The van der Waals surface area contributed by atoms with Crippen LogP contribution in [0, 0.1) is 19.8 Å². The quantitative estimate of drug-likeness (QED) is 0.403. The van der Waals surface area contributed by atoms with Gasteiger partial charge in [-0.15, -0.1) is 0 Å². The molecule has 0 aliphatic carbocycles. The molecule has 2 heterocycles. The first-order valence-corrected chi connectivity index (χ1v) is 9.85. The Kier molecular flexibility index (Phi) is 6.65. The molecule has 0 radical (unpaired) electrons. The van der Waals surface area contributed by atoms with Gasteiger partial charge in [-0.3, -0.25) is 9.48 Å². The van der Waals surface area contributed by atoms with Gasteiger partial charge in [0.2, 0.25) is 5.88 Å². The maximum absolute atomic E-state index is 12.3. The van der Waals surface area contributed by atoms with Crippen molar-refractivity contribution in [2.75, 3.05) is 0 Å². The van der Waals surface area contributed by atoms with Crippen LogP contribution in [0.2, 0.25) is 0 Å². The molecule has 0 spiro atoms. The Hall–Kier alpha value is -3.15. The molecular formula is C23H27N3O3. The number of carbonyl (C=O) groups is 1. The van der Waals surface area contributed by atoms with Crippen molar-refractivity contribution in [2.45, 2.75) is 47.1 Å². The Balaban J connectivity index is 1.54. The van der Waals surface area contributed by atoms with Gasteiger partial charge in [0.25, 0.3) is 0 Å². The molecule has 2 aromatic heterocycles. The van der Waals surface area contributed by atoms with Gasteiger partial charge in [-0.1, -0.05) is 19.9 Å². The maximum atomic E-state index is 12.3. The maximum Gasteiger partial charge on any atom is 0.311 e.